The van der Waals surface area contributed by atoms with E-state index in [1.54, 1.807) is 37.4 Å². The molecule has 5 rings (SSSR count). The lowest BCUT2D eigenvalue weighted by Gasteiger charge is -2.24. The van der Waals surface area contributed by atoms with Gasteiger partial charge in [0.15, 0.2) is 0 Å². The number of para-hydroxylation sites is 1. The van der Waals surface area contributed by atoms with Crippen molar-refractivity contribution in [3.05, 3.63) is 129 Å². The summed E-state index contributed by atoms with van der Waals surface area (Å²) >= 11 is 0. The molecule has 2 N–H and O–H groups in total. The van der Waals surface area contributed by atoms with Crippen LogP contribution in [0.25, 0.3) is 5.57 Å². The van der Waals surface area contributed by atoms with Gasteiger partial charge in [-0.3, -0.25) is 9.79 Å². The molecule has 0 aromatic heterocycles. The van der Waals surface area contributed by atoms with Crippen molar-refractivity contribution >= 4 is 25.5 Å². The van der Waals surface area contributed by atoms with Gasteiger partial charge in [-0.25, -0.2) is 8.78 Å². The third-order valence-corrected chi connectivity index (χ3v) is 8.84. The van der Waals surface area contributed by atoms with Crippen LogP contribution in [0.4, 0.5) is 8.78 Å². The van der Waals surface area contributed by atoms with E-state index < -0.39 is 5.92 Å². The quantitative estimate of drug-likeness (QED) is 0.230. The van der Waals surface area contributed by atoms with Crippen LogP contribution >= 0.6 is 0 Å². The predicted octanol–water partition coefficient (Wildman–Crippen LogP) is 8.17. The number of aliphatic imine (C=N–C) groups is 1. The lowest BCUT2D eigenvalue weighted by atomic mass is 9.80. The maximum atomic E-state index is 14.1. The van der Waals surface area contributed by atoms with Crippen LogP contribution in [0.15, 0.2) is 107 Å². The first-order chi connectivity index (χ1) is 21.5. The number of hydrogen-bond acceptors (Lipinski definition) is 3. The van der Waals surface area contributed by atoms with E-state index in [0.29, 0.717) is 18.5 Å². The molecule has 1 amide bonds. The summed E-state index contributed by atoms with van der Waals surface area (Å²) in [6, 6.07) is 22.0. The molecule has 2 aliphatic rings. The average Bonchev–Trinajstić information content (AvgIpc) is 3.34. The lowest BCUT2D eigenvalue weighted by molar-refractivity contribution is -0.121. The molecule has 0 saturated heterocycles. The Morgan fingerprint density at radius 1 is 1.02 bits per heavy atom. The predicted molar refractivity (Wildman–Crippen MR) is 179 cm³/mol. The van der Waals surface area contributed by atoms with Crippen LogP contribution in [0.2, 0.25) is 0 Å². The fourth-order valence-corrected chi connectivity index (χ4v) is 6.24. The number of carbonyl (C=O) groups excluding carboxylic acids is 1. The molecule has 2 radical (unpaired) electrons. The second-order valence-electron chi connectivity index (χ2n) is 12.4. The van der Waals surface area contributed by atoms with Crippen LogP contribution in [0.5, 0.6) is 5.75 Å². The molecular weight excluding hydrogens is 565 g/mol. The van der Waals surface area contributed by atoms with Gasteiger partial charge < -0.3 is 10.4 Å². The first kappa shape index (κ1) is 32.1. The van der Waals surface area contributed by atoms with Crippen molar-refractivity contribution in [1.29, 1.82) is 0 Å². The van der Waals surface area contributed by atoms with Crippen molar-refractivity contribution in [3.63, 3.8) is 0 Å². The number of fused-ring (bicyclic) bond motifs is 1. The third kappa shape index (κ3) is 7.88. The fourth-order valence-electron chi connectivity index (χ4n) is 6.24. The van der Waals surface area contributed by atoms with Crippen LogP contribution in [0.1, 0.15) is 73.8 Å². The summed E-state index contributed by atoms with van der Waals surface area (Å²) in [5.74, 6) is -3.02. The molecule has 3 aromatic carbocycles. The number of benzene rings is 3. The van der Waals surface area contributed by atoms with Gasteiger partial charge in [-0.15, -0.1) is 0 Å². The molecule has 45 heavy (non-hydrogen) atoms. The highest BCUT2D eigenvalue weighted by molar-refractivity contribution is 6.34. The summed E-state index contributed by atoms with van der Waals surface area (Å²) in [4.78, 5) is 17.4. The molecule has 0 fully saturated rings. The standard InChI is InChI=1S/C38H39BF2N2O2/c1-24(29-20-28(31-9-5-7-11-36(31)44)16-17-32-34(39)23-42-35(32)21-29)18-26-12-14-27(15-13-26)22-43-37(45)19-25(2)30-8-4-6-10-33(30)38(3,40)41/h4-16,20,23-25,35,44H,17-19,21-22H2,1-3H3,(H,43,45)/b28-16-,29-20+/t24?,25-,35?/m1/s1. The Morgan fingerprint density at radius 2 is 1.71 bits per heavy atom. The van der Waals surface area contributed by atoms with Crippen LogP contribution in [0.3, 0.4) is 0 Å². The molecule has 1 aliphatic carbocycles. The number of phenols is 1. The number of aromatic hydroxyl groups is 1. The Kier molecular flexibility index (Phi) is 9.86. The van der Waals surface area contributed by atoms with Gasteiger partial charge in [0.25, 0.3) is 5.92 Å². The van der Waals surface area contributed by atoms with Crippen molar-refractivity contribution in [1.82, 2.24) is 5.32 Å². The molecule has 1 heterocycles. The van der Waals surface area contributed by atoms with Gasteiger partial charge in [0.1, 0.15) is 13.6 Å². The van der Waals surface area contributed by atoms with Gasteiger partial charge in [0.05, 0.1) is 6.04 Å². The van der Waals surface area contributed by atoms with Gasteiger partial charge in [0, 0.05) is 37.2 Å². The second-order valence-corrected chi connectivity index (χ2v) is 12.4. The summed E-state index contributed by atoms with van der Waals surface area (Å²) in [5.41, 5.74) is 7.47. The van der Waals surface area contributed by atoms with Gasteiger partial charge in [-0.2, -0.15) is 0 Å². The minimum atomic E-state index is -2.96. The van der Waals surface area contributed by atoms with Crippen molar-refractivity contribution in [2.75, 3.05) is 0 Å². The SMILES string of the molecule is [B]C1=C2C/C=C(c3ccccc3O)/C=C(/C(C)Cc3ccc(CNC(=O)C[C@@H](C)c4ccccc4C(C)(F)F)cc3)CC2N=C1. The van der Waals surface area contributed by atoms with E-state index in [0.717, 1.165) is 47.5 Å². The molecular formula is C38H39BF2N2O2. The lowest BCUT2D eigenvalue weighted by Crippen LogP contribution is -2.24. The van der Waals surface area contributed by atoms with E-state index in [-0.39, 0.29) is 41.5 Å². The van der Waals surface area contributed by atoms with Crippen molar-refractivity contribution in [2.45, 2.75) is 70.9 Å². The number of alkyl halides is 2. The third-order valence-electron chi connectivity index (χ3n) is 8.84. The highest BCUT2D eigenvalue weighted by Gasteiger charge is 2.29. The highest BCUT2D eigenvalue weighted by atomic mass is 19.3. The molecule has 0 bridgehead atoms. The van der Waals surface area contributed by atoms with E-state index in [2.05, 4.69) is 41.5 Å². The van der Waals surface area contributed by atoms with Crippen molar-refractivity contribution < 1.29 is 18.7 Å². The Bertz CT molecular complexity index is 1670. The van der Waals surface area contributed by atoms with Gasteiger partial charge in [-0.05, 0) is 65.0 Å². The van der Waals surface area contributed by atoms with Gasteiger partial charge >= 0.3 is 0 Å². The number of hydrogen-bond donors (Lipinski definition) is 2. The molecule has 0 spiro atoms. The summed E-state index contributed by atoms with van der Waals surface area (Å²) in [7, 11) is 6.28. The molecule has 3 atom stereocenters. The monoisotopic (exact) mass is 604 g/mol. The van der Waals surface area contributed by atoms with Crippen molar-refractivity contribution in [2.24, 2.45) is 10.9 Å². The zero-order valence-electron chi connectivity index (χ0n) is 26.1. The van der Waals surface area contributed by atoms with Gasteiger partial charge in [0.2, 0.25) is 5.91 Å². The highest BCUT2D eigenvalue weighted by Crippen LogP contribution is 2.37. The minimum absolute atomic E-state index is 0.0292. The zero-order chi connectivity index (χ0) is 32.1. The number of phenolic OH excluding ortho intramolecular Hbond substituents is 1. The van der Waals surface area contributed by atoms with E-state index in [1.165, 1.54) is 17.2 Å². The molecule has 2 unspecified atom stereocenters. The van der Waals surface area contributed by atoms with Crippen molar-refractivity contribution in [3.8, 4) is 5.75 Å². The van der Waals surface area contributed by atoms with E-state index in [1.807, 2.05) is 30.3 Å². The zero-order valence-corrected chi connectivity index (χ0v) is 26.1. The topological polar surface area (TPSA) is 61.7 Å². The number of halogens is 2. The van der Waals surface area contributed by atoms with E-state index in [9.17, 15) is 18.7 Å². The van der Waals surface area contributed by atoms with Crippen LogP contribution in [-0.4, -0.2) is 31.1 Å². The Labute approximate surface area is 266 Å². The number of nitrogens with zero attached hydrogens (tertiary/aromatic N) is 1. The van der Waals surface area contributed by atoms with Crippen LogP contribution in [-0.2, 0) is 23.7 Å². The first-order valence-corrected chi connectivity index (χ1v) is 15.5. The van der Waals surface area contributed by atoms with E-state index >= 15 is 0 Å². The number of nitrogens with one attached hydrogen (secondary N) is 1. The minimum Gasteiger partial charge on any atom is -0.507 e. The van der Waals surface area contributed by atoms with Crippen LogP contribution < -0.4 is 5.32 Å². The maximum absolute atomic E-state index is 14.1. The largest absolute Gasteiger partial charge is 0.507 e. The number of allylic oxidation sites excluding steroid dienone is 4. The Balaban J connectivity index is 1.22. The number of carbonyl (C=O) groups is 1. The number of amides is 1. The molecule has 4 nitrogen and oxygen atoms in total. The average molecular weight is 605 g/mol. The number of rotatable bonds is 10. The summed E-state index contributed by atoms with van der Waals surface area (Å²) in [5, 5.41) is 13.5. The Hall–Kier alpha value is -4.26. The molecule has 230 valence electrons. The second kappa shape index (κ2) is 13.8. The summed E-state index contributed by atoms with van der Waals surface area (Å²) in [6.07, 6.45) is 8.50. The smallest absolute Gasteiger partial charge is 0.270 e. The maximum Gasteiger partial charge on any atom is 0.270 e. The van der Waals surface area contributed by atoms with Crippen LogP contribution in [0, 0.1) is 5.92 Å². The fraction of sp³-hybridized carbons (Fsp3) is 0.316. The Morgan fingerprint density at radius 3 is 2.44 bits per heavy atom. The van der Waals surface area contributed by atoms with E-state index in [4.69, 9.17) is 7.85 Å². The van der Waals surface area contributed by atoms with Gasteiger partial charge in [-0.1, -0.05) is 104 Å². The molecule has 0 saturated carbocycles. The molecule has 1 aliphatic heterocycles. The molecule has 7 heteroatoms. The summed E-state index contributed by atoms with van der Waals surface area (Å²) < 4.78 is 28.1. The molecule has 3 aromatic rings. The first-order valence-electron chi connectivity index (χ1n) is 15.5. The summed E-state index contributed by atoms with van der Waals surface area (Å²) in [6.45, 7) is 5.26. The normalized spacial score (nSPS) is 20.2.